The number of carbonyl (C=O) groups excluding carboxylic acids is 1. The molecule has 5 heteroatoms. The number of hydrogen-bond donors (Lipinski definition) is 1. The average Bonchev–Trinajstić information content (AvgIpc) is 2.39. The second kappa shape index (κ2) is 5.93. The zero-order valence-corrected chi connectivity index (χ0v) is 11.2. The fraction of sp³-hybridized carbons (Fsp3) is 0.308. The lowest BCUT2D eigenvalue weighted by molar-refractivity contribution is -0.134. The van der Waals surface area contributed by atoms with Crippen molar-refractivity contribution in [3.05, 3.63) is 35.5 Å². The predicted molar refractivity (Wildman–Crippen MR) is 71.6 cm³/mol. The van der Waals surface area contributed by atoms with E-state index in [2.05, 4.69) is 16.1 Å². The molecule has 1 aliphatic heterocycles. The van der Waals surface area contributed by atoms with Crippen LogP contribution in [0.25, 0.3) is 0 Å². The first kappa shape index (κ1) is 13.0. The van der Waals surface area contributed by atoms with Crippen molar-refractivity contribution in [2.24, 2.45) is 0 Å². The van der Waals surface area contributed by atoms with E-state index < -0.39 is 0 Å². The first-order valence-corrected chi connectivity index (χ1v) is 6.51. The Labute approximate surface area is 110 Å². The van der Waals surface area contributed by atoms with Gasteiger partial charge in [0.15, 0.2) is 0 Å². The van der Waals surface area contributed by atoms with Crippen molar-refractivity contribution in [3.8, 4) is 0 Å². The number of fused-ring (bicyclic) bond motifs is 1. The Balaban J connectivity index is 2.15. The van der Waals surface area contributed by atoms with Crippen molar-refractivity contribution >= 4 is 23.4 Å². The summed E-state index contributed by atoms with van der Waals surface area (Å²) in [6.45, 7) is 0.610. The minimum Gasteiger partial charge on any atom is -0.466 e. The molecule has 1 aromatic carbocycles. The lowest BCUT2D eigenvalue weighted by atomic mass is 10.2. The van der Waals surface area contributed by atoms with E-state index in [4.69, 9.17) is 4.74 Å². The van der Waals surface area contributed by atoms with Gasteiger partial charge in [-0.3, -0.25) is 0 Å². The highest BCUT2D eigenvalue weighted by Crippen LogP contribution is 2.35. The summed E-state index contributed by atoms with van der Waals surface area (Å²) < 4.78 is 9.72. The molecule has 0 amide bonds. The van der Waals surface area contributed by atoms with Gasteiger partial charge in [-0.25, -0.2) is 4.79 Å². The SMILES string of the molecule is COCc1ccc2c(c1)SC/C(=C/C(=O)OC)N2. The van der Waals surface area contributed by atoms with Crippen molar-refractivity contribution < 1.29 is 14.3 Å². The predicted octanol–water partition coefficient (Wildman–Crippen LogP) is 2.41. The van der Waals surface area contributed by atoms with Gasteiger partial charge in [-0.15, -0.1) is 11.8 Å². The molecule has 0 aromatic heterocycles. The molecule has 1 aromatic rings. The molecule has 1 N–H and O–H groups in total. The highest BCUT2D eigenvalue weighted by atomic mass is 32.2. The average molecular weight is 265 g/mol. The van der Waals surface area contributed by atoms with E-state index in [1.54, 1.807) is 18.9 Å². The van der Waals surface area contributed by atoms with E-state index in [1.807, 2.05) is 12.1 Å². The third-order valence-corrected chi connectivity index (χ3v) is 3.63. The van der Waals surface area contributed by atoms with Gasteiger partial charge in [0.2, 0.25) is 0 Å². The maximum atomic E-state index is 11.2. The molecule has 0 bridgehead atoms. The Morgan fingerprint density at radius 2 is 2.33 bits per heavy atom. The molecule has 4 nitrogen and oxygen atoms in total. The van der Waals surface area contributed by atoms with Crippen LogP contribution in [-0.2, 0) is 20.9 Å². The molecule has 1 aliphatic rings. The molecule has 1 heterocycles. The van der Waals surface area contributed by atoms with Crippen LogP contribution in [0.2, 0.25) is 0 Å². The van der Waals surface area contributed by atoms with Crippen molar-refractivity contribution in [1.82, 2.24) is 0 Å². The number of thioether (sulfide) groups is 1. The summed E-state index contributed by atoms with van der Waals surface area (Å²) in [6, 6.07) is 6.11. The van der Waals surface area contributed by atoms with Gasteiger partial charge < -0.3 is 14.8 Å². The van der Waals surface area contributed by atoms with Crippen LogP contribution in [0.4, 0.5) is 5.69 Å². The number of nitrogens with one attached hydrogen (secondary N) is 1. The molecule has 0 atom stereocenters. The van der Waals surface area contributed by atoms with E-state index >= 15 is 0 Å². The van der Waals surface area contributed by atoms with Crippen molar-refractivity contribution in [2.75, 3.05) is 25.3 Å². The molecule has 0 radical (unpaired) electrons. The van der Waals surface area contributed by atoms with Gasteiger partial charge in [-0.2, -0.15) is 0 Å². The minimum absolute atomic E-state index is 0.336. The largest absolute Gasteiger partial charge is 0.466 e. The van der Waals surface area contributed by atoms with E-state index in [9.17, 15) is 4.79 Å². The third kappa shape index (κ3) is 3.05. The van der Waals surface area contributed by atoms with E-state index in [0.29, 0.717) is 6.61 Å². The quantitative estimate of drug-likeness (QED) is 0.672. The molecule has 2 rings (SSSR count). The molecule has 0 saturated heterocycles. The fourth-order valence-electron chi connectivity index (χ4n) is 1.69. The van der Waals surface area contributed by atoms with Crippen LogP contribution in [0.1, 0.15) is 5.56 Å². The van der Waals surface area contributed by atoms with Crippen molar-refractivity contribution in [3.63, 3.8) is 0 Å². The zero-order valence-electron chi connectivity index (χ0n) is 10.4. The molecular weight excluding hydrogens is 250 g/mol. The second-order valence-electron chi connectivity index (χ2n) is 3.87. The van der Waals surface area contributed by atoms with Crippen LogP contribution in [0, 0.1) is 0 Å². The summed E-state index contributed by atoms with van der Waals surface area (Å²) in [5, 5.41) is 3.23. The number of carbonyl (C=O) groups is 1. The first-order chi connectivity index (χ1) is 8.72. The number of rotatable bonds is 3. The fourth-order valence-corrected chi connectivity index (χ4v) is 2.67. The van der Waals surface area contributed by atoms with Crippen molar-refractivity contribution in [1.29, 1.82) is 0 Å². The first-order valence-electron chi connectivity index (χ1n) is 5.53. The zero-order chi connectivity index (χ0) is 13.0. The Morgan fingerprint density at radius 1 is 1.50 bits per heavy atom. The topological polar surface area (TPSA) is 47.6 Å². The Morgan fingerprint density at radius 3 is 3.06 bits per heavy atom. The van der Waals surface area contributed by atoms with Gasteiger partial charge in [-0.1, -0.05) is 6.07 Å². The van der Waals surface area contributed by atoms with Gasteiger partial charge in [0, 0.05) is 29.5 Å². The summed E-state index contributed by atoms with van der Waals surface area (Å²) in [7, 11) is 3.06. The number of benzene rings is 1. The highest BCUT2D eigenvalue weighted by Gasteiger charge is 2.14. The highest BCUT2D eigenvalue weighted by molar-refractivity contribution is 7.99. The molecular formula is C13H15NO3S. The molecule has 0 unspecified atom stereocenters. The summed E-state index contributed by atoms with van der Waals surface area (Å²) in [6.07, 6.45) is 1.49. The lowest BCUT2D eigenvalue weighted by Gasteiger charge is -2.20. The number of esters is 1. The number of anilines is 1. The lowest BCUT2D eigenvalue weighted by Crippen LogP contribution is -2.11. The van der Waals surface area contributed by atoms with Gasteiger partial charge >= 0.3 is 5.97 Å². The Kier molecular flexibility index (Phi) is 4.28. The maximum absolute atomic E-state index is 11.2. The Bertz CT molecular complexity index is 485. The Hall–Kier alpha value is -1.46. The maximum Gasteiger partial charge on any atom is 0.332 e. The molecule has 0 aliphatic carbocycles. The third-order valence-electron chi connectivity index (χ3n) is 2.53. The summed E-state index contributed by atoms with van der Waals surface area (Å²) in [5.41, 5.74) is 3.02. The second-order valence-corrected chi connectivity index (χ2v) is 4.89. The monoisotopic (exact) mass is 265 g/mol. The number of methoxy groups -OCH3 is 2. The minimum atomic E-state index is -0.336. The van der Waals surface area contributed by atoms with Crippen molar-refractivity contribution in [2.45, 2.75) is 11.5 Å². The number of ether oxygens (including phenoxy) is 2. The van der Waals surface area contributed by atoms with E-state index in [1.165, 1.54) is 18.1 Å². The summed E-state index contributed by atoms with van der Waals surface area (Å²) in [4.78, 5) is 12.3. The molecule has 0 spiro atoms. The normalized spacial score (nSPS) is 16.0. The summed E-state index contributed by atoms with van der Waals surface area (Å²) in [5.74, 6) is 0.399. The molecule has 0 saturated carbocycles. The molecule has 18 heavy (non-hydrogen) atoms. The van der Waals surface area contributed by atoms with Crippen LogP contribution < -0.4 is 5.32 Å². The van der Waals surface area contributed by atoms with Gasteiger partial charge in [0.05, 0.1) is 19.4 Å². The van der Waals surface area contributed by atoms with Crippen LogP contribution in [0.5, 0.6) is 0 Å². The molecule has 0 fully saturated rings. The van der Waals surface area contributed by atoms with Crippen LogP contribution in [-0.4, -0.2) is 25.9 Å². The van der Waals surface area contributed by atoms with Crippen LogP contribution in [0.15, 0.2) is 34.9 Å². The smallest absolute Gasteiger partial charge is 0.332 e. The van der Waals surface area contributed by atoms with Crippen LogP contribution in [0.3, 0.4) is 0 Å². The van der Waals surface area contributed by atoms with E-state index in [0.717, 1.165) is 22.7 Å². The number of hydrogen-bond acceptors (Lipinski definition) is 5. The standard InChI is InChI=1S/C13H15NO3S/c1-16-7-9-3-4-11-12(5-9)18-8-10(14-11)6-13(15)17-2/h3-6,14H,7-8H2,1-2H3/b10-6-. The molecule has 96 valence electrons. The van der Waals surface area contributed by atoms with Gasteiger partial charge in [0.25, 0.3) is 0 Å². The summed E-state index contributed by atoms with van der Waals surface area (Å²) >= 11 is 1.70. The van der Waals surface area contributed by atoms with Gasteiger partial charge in [0.1, 0.15) is 0 Å². The van der Waals surface area contributed by atoms with E-state index in [-0.39, 0.29) is 5.97 Å². The van der Waals surface area contributed by atoms with Crippen LogP contribution >= 0.6 is 11.8 Å². The van der Waals surface area contributed by atoms with Gasteiger partial charge in [-0.05, 0) is 17.7 Å².